The Bertz CT molecular complexity index is 687. The molecule has 0 aliphatic carbocycles. The first kappa shape index (κ1) is 20.1. The van der Waals surface area contributed by atoms with E-state index in [1.54, 1.807) is 14.1 Å². The average molecular weight is 377 g/mol. The van der Waals surface area contributed by atoms with E-state index in [9.17, 15) is 4.79 Å². The van der Waals surface area contributed by atoms with E-state index in [1.165, 1.54) is 4.90 Å². The van der Waals surface area contributed by atoms with Crippen molar-refractivity contribution >= 4 is 17.7 Å². The summed E-state index contributed by atoms with van der Waals surface area (Å²) in [6.07, 6.45) is 1.45. The number of benzene rings is 2. The van der Waals surface area contributed by atoms with Crippen LogP contribution in [0.25, 0.3) is 0 Å². The number of carbonyl (C=O) groups is 1. The summed E-state index contributed by atoms with van der Waals surface area (Å²) >= 11 is 5.86. The molecule has 5 nitrogen and oxygen atoms in total. The molecule has 0 aliphatic heterocycles. The molecule has 140 valence electrons. The molecule has 1 amide bonds. The maximum atomic E-state index is 11.6. The molecule has 0 radical (unpaired) electrons. The largest absolute Gasteiger partial charge is 0.494 e. The summed E-state index contributed by atoms with van der Waals surface area (Å²) in [6, 6.07) is 15.1. The number of nitrogens with zero attached hydrogens (tertiary/aromatic N) is 1. The molecule has 2 rings (SSSR count). The zero-order chi connectivity index (χ0) is 18.9. The Kier molecular flexibility index (Phi) is 7.75. The summed E-state index contributed by atoms with van der Waals surface area (Å²) < 4.78 is 11.0. The third-order valence-corrected chi connectivity index (χ3v) is 4.17. The van der Waals surface area contributed by atoms with E-state index in [0.29, 0.717) is 17.4 Å². The lowest BCUT2D eigenvalue weighted by molar-refractivity contribution is 0.172. The molecule has 1 unspecified atom stereocenters. The first-order valence-corrected chi connectivity index (χ1v) is 8.92. The molecule has 0 heterocycles. The highest BCUT2D eigenvalue weighted by molar-refractivity contribution is 6.30. The molecule has 1 atom stereocenters. The Balaban J connectivity index is 1.81. The van der Waals surface area contributed by atoms with Gasteiger partial charge in [0, 0.05) is 25.2 Å². The third-order valence-electron chi connectivity index (χ3n) is 3.92. The second-order valence-electron chi connectivity index (χ2n) is 6.12. The molecule has 1 N–H and O–H groups in total. The molecule has 2 aromatic rings. The maximum Gasteiger partial charge on any atom is 0.414 e. The molecule has 0 bridgehead atoms. The second-order valence-corrected chi connectivity index (χ2v) is 6.55. The monoisotopic (exact) mass is 376 g/mol. The predicted molar refractivity (Wildman–Crippen MR) is 104 cm³/mol. The van der Waals surface area contributed by atoms with Gasteiger partial charge in [0.15, 0.2) is 0 Å². The van der Waals surface area contributed by atoms with Crippen LogP contribution in [0, 0.1) is 0 Å². The smallest absolute Gasteiger partial charge is 0.414 e. The van der Waals surface area contributed by atoms with Gasteiger partial charge in [-0.25, -0.2) is 4.79 Å². The molecule has 0 aromatic heterocycles. The van der Waals surface area contributed by atoms with Crippen molar-refractivity contribution in [1.29, 1.82) is 0 Å². The first-order chi connectivity index (χ1) is 12.5. The number of halogens is 1. The van der Waals surface area contributed by atoms with Crippen LogP contribution in [0.1, 0.15) is 24.4 Å². The molecular weight excluding hydrogens is 352 g/mol. The normalized spacial score (nSPS) is 11.7. The van der Waals surface area contributed by atoms with Crippen molar-refractivity contribution in [1.82, 2.24) is 10.2 Å². The van der Waals surface area contributed by atoms with E-state index in [-0.39, 0.29) is 12.1 Å². The van der Waals surface area contributed by atoms with E-state index in [2.05, 4.69) is 5.32 Å². The van der Waals surface area contributed by atoms with Gasteiger partial charge in [0.25, 0.3) is 0 Å². The van der Waals surface area contributed by atoms with Gasteiger partial charge in [-0.1, -0.05) is 23.7 Å². The molecular formula is C20H25ClN2O3. The van der Waals surface area contributed by atoms with E-state index in [4.69, 9.17) is 21.1 Å². The van der Waals surface area contributed by atoms with Crippen molar-refractivity contribution < 1.29 is 14.3 Å². The van der Waals surface area contributed by atoms with Crippen LogP contribution < -0.4 is 14.8 Å². The van der Waals surface area contributed by atoms with Crippen LogP contribution in [0.5, 0.6) is 11.5 Å². The van der Waals surface area contributed by atoms with Gasteiger partial charge in [-0.05, 0) is 61.9 Å². The predicted octanol–water partition coefficient (Wildman–Crippen LogP) is 4.52. The van der Waals surface area contributed by atoms with Gasteiger partial charge in [0.05, 0.1) is 6.61 Å². The standard InChI is InChI=1S/C20H25ClN2O3/c1-22-19(5-4-14-25-17-12-8-16(21)9-13-17)15-6-10-18(11-7-15)26-20(24)23(2)3/h6-13,19,22H,4-5,14H2,1-3H3. The number of rotatable bonds is 8. The maximum absolute atomic E-state index is 11.6. The highest BCUT2D eigenvalue weighted by Gasteiger charge is 2.11. The van der Waals surface area contributed by atoms with Gasteiger partial charge < -0.3 is 19.7 Å². The van der Waals surface area contributed by atoms with Gasteiger partial charge in [0.1, 0.15) is 11.5 Å². The summed E-state index contributed by atoms with van der Waals surface area (Å²) in [5.41, 5.74) is 1.14. The Morgan fingerprint density at radius 2 is 1.69 bits per heavy atom. The molecule has 0 fully saturated rings. The number of nitrogens with one attached hydrogen (secondary N) is 1. The molecule has 6 heteroatoms. The average Bonchev–Trinajstić information content (AvgIpc) is 2.64. The molecule has 0 aliphatic rings. The van der Waals surface area contributed by atoms with Crippen LogP contribution >= 0.6 is 11.6 Å². The summed E-state index contributed by atoms with van der Waals surface area (Å²) in [5.74, 6) is 1.36. The van der Waals surface area contributed by atoms with E-state index in [0.717, 1.165) is 24.2 Å². The van der Waals surface area contributed by atoms with Crippen LogP contribution in [0.15, 0.2) is 48.5 Å². The minimum absolute atomic E-state index is 0.211. The van der Waals surface area contributed by atoms with Crippen molar-refractivity contribution in [3.8, 4) is 11.5 Å². The first-order valence-electron chi connectivity index (χ1n) is 8.54. The van der Waals surface area contributed by atoms with Crippen LogP contribution in [0.3, 0.4) is 0 Å². The molecule has 0 saturated carbocycles. The number of amides is 1. The number of ether oxygens (including phenoxy) is 2. The zero-order valence-corrected chi connectivity index (χ0v) is 16.1. The van der Waals surface area contributed by atoms with E-state index >= 15 is 0 Å². The summed E-state index contributed by atoms with van der Waals surface area (Å²) in [6.45, 7) is 0.637. The van der Waals surface area contributed by atoms with Crippen molar-refractivity contribution in [2.75, 3.05) is 27.7 Å². The summed E-state index contributed by atoms with van der Waals surface area (Å²) in [7, 11) is 5.24. The number of hydrogen-bond donors (Lipinski definition) is 1. The molecule has 26 heavy (non-hydrogen) atoms. The van der Waals surface area contributed by atoms with Crippen molar-refractivity contribution in [2.24, 2.45) is 0 Å². The lowest BCUT2D eigenvalue weighted by Gasteiger charge is -2.17. The minimum atomic E-state index is -0.387. The van der Waals surface area contributed by atoms with Crippen LogP contribution in [0.4, 0.5) is 4.79 Å². The number of carbonyl (C=O) groups excluding carboxylic acids is 1. The highest BCUT2D eigenvalue weighted by atomic mass is 35.5. The fourth-order valence-electron chi connectivity index (χ4n) is 2.45. The topological polar surface area (TPSA) is 50.8 Å². The fraction of sp³-hybridized carbons (Fsp3) is 0.350. The van der Waals surface area contributed by atoms with Gasteiger partial charge in [-0.15, -0.1) is 0 Å². The Hall–Kier alpha value is -2.24. The van der Waals surface area contributed by atoms with Gasteiger partial charge in [-0.2, -0.15) is 0 Å². The highest BCUT2D eigenvalue weighted by Crippen LogP contribution is 2.22. The van der Waals surface area contributed by atoms with E-state index in [1.807, 2.05) is 55.6 Å². The Morgan fingerprint density at radius 1 is 1.08 bits per heavy atom. The summed E-state index contributed by atoms with van der Waals surface area (Å²) in [5, 5.41) is 4.02. The fourth-order valence-corrected chi connectivity index (χ4v) is 2.57. The van der Waals surface area contributed by atoms with Crippen molar-refractivity contribution in [3.63, 3.8) is 0 Å². The van der Waals surface area contributed by atoms with Gasteiger partial charge in [0.2, 0.25) is 0 Å². The minimum Gasteiger partial charge on any atom is -0.494 e. The van der Waals surface area contributed by atoms with Crippen molar-refractivity contribution in [3.05, 3.63) is 59.1 Å². The van der Waals surface area contributed by atoms with Gasteiger partial charge >= 0.3 is 6.09 Å². The van der Waals surface area contributed by atoms with Crippen LogP contribution in [0.2, 0.25) is 5.02 Å². The van der Waals surface area contributed by atoms with E-state index < -0.39 is 0 Å². The number of hydrogen-bond acceptors (Lipinski definition) is 4. The lowest BCUT2D eigenvalue weighted by Crippen LogP contribution is -2.25. The van der Waals surface area contributed by atoms with Crippen molar-refractivity contribution in [2.45, 2.75) is 18.9 Å². The quantitative estimate of drug-likeness (QED) is 0.688. The van der Waals surface area contributed by atoms with Crippen LogP contribution in [-0.2, 0) is 0 Å². The Morgan fingerprint density at radius 3 is 2.27 bits per heavy atom. The molecule has 2 aromatic carbocycles. The second kappa shape index (κ2) is 10.0. The van der Waals surface area contributed by atoms with Gasteiger partial charge in [-0.3, -0.25) is 0 Å². The SMILES string of the molecule is CNC(CCCOc1ccc(Cl)cc1)c1ccc(OC(=O)N(C)C)cc1. The third kappa shape index (κ3) is 6.24. The zero-order valence-electron chi connectivity index (χ0n) is 15.4. The Labute approximate surface area is 159 Å². The molecule has 0 saturated heterocycles. The van der Waals surface area contributed by atoms with Crippen LogP contribution in [-0.4, -0.2) is 38.7 Å². The molecule has 0 spiro atoms. The summed E-state index contributed by atoms with van der Waals surface area (Å²) in [4.78, 5) is 13.0. The lowest BCUT2D eigenvalue weighted by atomic mass is 10.0.